The summed E-state index contributed by atoms with van der Waals surface area (Å²) in [6.07, 6.45) is 1.20. The Morgan fingerprint density at radius 2 is 1.95 bits per heavy atom. The Morgan fingerprint density at radius 3 is 2.61 bits per heavy atom. The number of benzene rings is 2. The van der Waals surface area contributed by atoms with E-state index < -0.39 is 18.0 Å². The minimum atomic E-state index is -2.71. The van der Waals surface area contributed by atoms with Gasteiger partial charge in [0.25, 0.3) is 5.92 Å². The maximum absolute atomic E-state index is 14.1. The fourth-order valence-corrected chi connectivity index (χ4v) is 6.09. The minimum Gasteiger partial charge on any atom is -0.495 e. The lowest BCUT2D eigenvalue weighted by Gasteiger charge is -2.40. The van der Waals surface area contributed by atoms with Crippen molar-refractivity contribution < 1.29 is 22.8 Å². The standard InChI is InChI=1S/C28H27ClF2N4O3/c1-15-26(16(2)38-33-15)17-7-9-22-21(11-17)32-27(35(22)19-13-28(30,31)14-19)23-5-4-6-25(36)34(23)18-8-10-24(37-3)20(29)12-18/h7-12,19,23H,4-6,13-14H2,1-3H3. The van der Waals surface area contributed by atoms with Crippen LogP contribution < -0.4 is 9.64 Å². The van der Waals surface area contributed by atoms with Crippen LogP contribution in [0.15, 0.2) is 40.9 Å². The molecule has 1 saturated carbocycles. The molecule has 1 aliphatic carbocycles. The summed E-state index contributed by atoms with van der Waals surface area (Å²) in [7, 11) is 1.53. The number of anilines is 1. The molecule has 2 fully saturated rings. The number of carbonyl (C=O) groups excluding carboxylic acids is 1. The molecule has 4 aromatic rings. The molecule has 1 saturated heterocycles. The van der Waals surface area contributed by atoms with Crippen molar-refractivity contribution in [1.82, 2.24) is 14.7 Å². The van der Waals surface area contributed by atoms with Crippen LogP contribution in [0, 0.1) is 13.8 Å². The molecule has 1 amide bonds. The average molecular weight is 541 g/mol. The Hall–Kier alpha value is -3.46. The molecule has 1 atom stereocenters. The van der Waals surface area contributed by atoms with Crippen LogP contribution in [0.5, 0.6) is 5.75 Å². The highest BCUT2D eigenvalue weighted by atomic mass is 35.5. The molecule has 1 unspecified atom stereocenters. The maximum atomic E-state index is 14.1. The van der Waals surface area contributed by atoms with E-state index in [2.05, 4.69) is 5.16 Å². The van der Waals surface area contributed by atoms with E-state index >= 15 is 0 Å². The normalized spacial score (nSPS) is 19.7. The van der Waals surface area contributed by atoms with Crippen LogP contribution in [-0.4, -0.2) is 33.6 Å². The molecule has 7 nitrogen and oxygen atoms in total. The van der Waals surface area contributed by atoms with Crippen LogP contribution in [0.3, 0.4) is 0 Å². The second-order valence-electron chi connectivity index (χ2n) is 10.2. The lowest BCUT2D eigenvalue weighted by molar-refractivity contribution is -0.120. The predicted molar refractivity (Wildman–Crippen MR) is 140 cm³/mol. The number of hydrogen-bond acceptors (Lipinski definition) is 5. The van der Waals surface area contributed by atoms with Gasteiger partial charge in [0.05, 0.1) is 34.9 Å². The predicted octanol–water partition coefficient (Wildman–Crippen LogP) is 7.20. The lowest BCUT2D eigenvalue weighted by atomic mass is 9.87. The van der Waals surface area contributed by atoms with Crippen LogP contribution in [0.2, 0.25) is 5.02 Å². The zero-order valence-electron chi connectivity index (χ0n) is 21.3. The summed E-state index contributed by atoms with van der Waals surface area (Å²) < 4.78 is 40.7. The van der Waals surface area contributed by atoms with Crippen LogP contribution in [0.4, 0.5) is 14.5 Å². The molecule has 0 radical (unpaired) electrons. The van der Waals surface area contributed by atoms with Crippen molar-refractivity contribution in [3.8, 4) is 16.9 Å². The molecular formula is C28H27ClF2N4O3. The summed E-state index contributed by atoms with van der Waals surface area (Å²) in [6.45, 7) is 3.73. The summed E-state index contributed by atoms with van der Waals surface area (Å²) in [5.74, 6) is -0.957. The fourth-order valence-electron chi connectivity index (χ4n) is 5.84. The highest BCUT2D eigenvalue weighted by Gasteiger charge is 2.48. The van der Waals surface area contributed by atoms with E-state index in [1.165, 1.54) is 7.11 Å². The molecule has 10 heteroatoms. The van der Waals surface area contributed by atoms with Crippen molar-refractivity contribution in [2.24, 2.45) is 0 Å². The summed E-state index contributed by atoms with van der Waals surface area (Å²) in [5.41, 5.74) is 4.61. The number of carbonyl (C=O) groups is 1. The molecule has 0 bridgehead atoms. The Balaban J connectivity index is 1.50. The van der Waals surface area contributed by atoms with E-state index in [0.29, 0.717) is 52.8 Å². The highest BCUT2D eigenvalue weighted by molar-refractivity contribution is 6.32. The minimum absolute atomic E-state index is 0.0589. The second-order valence-corrected chi connectivity index (χ2v) is 10.6. The number of aryl methyl sites for hydroxylation is 2. The second kappa shape index (κ2) is 9.08. The Morgan fingerprint density at radius 1 is 1.16 bits per heavy atom. The number of halogens is 3. The molecule has 2 aliphatic rings. The molecule has 2 aromatic carbocycles. The molecule has 0 N–H and O–H groups in total. The van der Waals surface area contributed by atoms with Gasteiger partial charge in [0.15, 0.2) is 0 Å². The quantitative estimate of drug-likeness (QED) is 0.268. The third kappa shape index (κ3) is 4.04. The zero-order chi connectivity index (χ0) is 26.8. The van der Waals surface area contributed by atoms with E-state index in [1.54, 1.807) is 23.1 Å². The molecule has 1 aliphatic heterocycles. The van der Waals surface area contributed by atoms with Crippen LogP contribution in [-0.2, 0) is 4.79 Å². The summed E-state index contributed by atoms with van der Waals surface area (Å²) in [4.78, 5) is 20.0. The van der Waals surface area contributed by atoms with Crippen molar-refractivity contribution >= 4 is 34.2 Å². The van der Waals surface area contributed by atoms with Gasteiger partial charge in [-0.25, -0.2) is 13.8 Å². The number of ether oxygens (including phenoxy) is 1. The zero-order valence-corrected chi connectivity index (χ0v) is 22.1. The number of amides is 1. The van der Waals surface area contributed by atoms with Crippen molar-refractivity contribution in [2.45, 2.75) is 64.0 Å². The highest BCUT2D eigenvalue weighted by Crippen LogP contribution is 2.49. The number of piperidine rings is 1. The van der Waals surface area contributed by atoms with E-state index in [0.717, 1.165) is 22.3 Å². The van der Waals surface area contributed by atoms with Gasteiger partial charge in [0, 0.05) is 36.6 Å². The monoisotopic (exact) mass is 540 g/mol. The third-order valence-corrected chi connectivity index (χ3v) is 7.93. The molecule has 2 aromatic heterocycles. The summed E-state index contributed by atoms with van der Waals surface area (Å²) in [5, 5.41) is 4.45. The first-order valence-corrected chi connectivity index (χ1v) is 13.0. The molecule has 3 heterocycles. The van der Waals surface area contributed by atoms with Gasteiger partial charge in [-0.05, 0) is 62.6 Å². The maximum Gasteiger partial charge on any atom is 0.252 e. The topological polar surface area (TPSA) is 73.4 Å². The van der Waals surface area contributed by atoms with E-state index in [1.807, 2.05) is 36.6 Å². The third-order valence-electron chi connectivity index (χ3n) is 7.63. The smallest absolute Gasteiger partial charge is 0.252 e. The van der Waals surface area contributed by atoms with Gasteiger partial charge < -0.3 is 18.7 Å². The molecule has 6 rings (SSSR count). The number of alkyl halides is 2. The molecule has 38 heavy (non-hydrogen) atoms. The van der Waals surface area contributed by atoms with Gasteiger partial charge in [-0.3, -0.25) is 4.79 Å². The van der Waals surface area contributed by atoms with Crippen LogP contribution in [0.25, 0.3) is 22.2 Å². The van der Waals surface area contributed by atoms with Crippen molar-refractivity contribution in [3.63, 3.8) is 0 Å². The number of nitrogens with zero attached hydrogens (tertiary/aromatic N) is 4. The molecule has 198 valence electrons. The number of aromatic nitrogens is 3. The summed E-state index contributed by atoms with van der Waals surface area (Å²) >= 11 is 6.41. The fraction of sp³-hybridized carbons (Fsp3) is 0.393. The molecular weight excluding hydrogens is 514 g/mol. The van der Waals surface area contributed by atoms with Crippen LogP contribution in [0.1, 0.15) is 61.5 Å². The SMILES string of the molecule is COc1ccc(N2C(=O)CCCC2c2nc3cc(-c4c(C)noc4C)ccc3n2C2CC(F)(F)C2)cc1Cl. The van der Waals surface area contributed by atoms with Gasteiger partial charge in [-0.1, -0.05) is 22.8 Å². The molecule has 0 spiro atoms. The van der Waals surface area contributed by atoms with Gasteiger partial charge in [-0.15, -0.1) is 0 Å². The van der Waals surface area contributed by atoms with Crippen molar-refractivity contribution in [3.05, 3.63) is 58.7 Å². The first kappa shape index (κ1) is 24.9. The number of fused-ring (bicyclic) bond motifs is 1. The average Bonchev–Trinajstić information content (AvgIpc) is 3.40. The number of imidazole rings is 1. The van der Waals surface area contributed by atoms with Crippen LogP contribution >= 0.6 is 11.6 Å². The summed E-state index contributed by atoms with van der Waals surface area (Å²) in [6, 6.07) is 10.2. The van der Waals surface area contributed by atoms with Crippen molar-refractivity contribution in [2.75, 3.05) is 12.0 Å². The number of methoxy groups -OCH3 is 1. The Kier molecular flexibility index (Phi) is 5.94. The van der Waals surface area contributed by atoms with E-state index in [4.69, 9.17) is 25.8 Å². The largest absolute Gasteiger partial charge is 0.495 e. The Bertz CT molecular complexity index is 1540. The van der Waals surface area contributed by atoms with Gasteiger partial charge in [0.2, 0.25) is 5.91 Å². The Labute approximate surface area is 223 Å². The first-order chi connectivity index (χ1) is 18.2. The van der Waals surface area contributed by atoms with Gasteiger partial charge in [0.1, 0.15) is 17.3 Å². The van der Waals surface area contributed by atoms with Gasteiger partial charge in [-0.2, -0.15) is 0 Å². The first-order valence-electron chi connectivity index (χ1n) is 12.7. The number of rotatable bonds is 5. The van der Waals surface area contributed by atoms with E-state index in [-0.39, 0.29) is 18.7 Å². The van der Waals surface area contributed by atoms with Crippen molar-refractivity contribution in [1.29, 1.82) is 0 Å². The van der Waals surface area contributed by atoms with Gasteiger partial charge >= 0.3 is 0 Å². The lowest BCUT2D eigenvalue weighted by Crippen LogP contribution is -2.42. The number of hydrogen-bond donors (Lipinski definition) is 0. The van der Waals surface area contributed by atoms with E-state index in [9.17, 15) is 13.6 Å².